The maximum Gasteiger partial charge on any atom is 0.0702 e. The molecule has 3 atom stereocenters. The van der Waals surface area contributed by atoms with Crippen LogP contribution in [0.2, 0.25) is 0 Å². The molecule has 1 aliphatic heterocycles. The summed E-state index contributed by atoms with van der Waals surface area (Å²) in [6.45, 7) is 7.40. The summed E-state index contributed by atoms with van der Waals surface area (Å²) in [6, 6.07) is 10.9. The van der Waals surface area contributed by atoms with E-state index < -0.39 is 0 Å². The zero-order chi connectivity index (χ0) is 14.4. The summed E-state index contributed by atoms with van der Waals surface area (Å²) in [6.07, 6.45) is 3.85. The molecule has 0 bridgehead atoms. The third-order valence-electron chi connectivity index (χ3n) is 4.35. The zero-order valence-corrected chi connectivity index (χ0v) is 12.8. The van der Waals surface area contributed by atoms with Crippen LogP contribution in [-0.2, 0) is 4.74 Å². The average Bonchev–Trinajstić information content (AvgIpc) is 3.00. The van der Waals surface area contributed by atoms with Gasteiger partial charge in [-0.15, -0.1) is 0 Å². The first-order chi connectivity index (χ1) is 9.76. The summed E-state index contributed by atoms with van der Waals surface area (Å²) in [4.78, 5) is 2.49. The summed E-state index contributed by atoms with van der Waals surface area (Å²) in [5.41, 5.74) is 7.74. The van der Waals surface area contributed by atoms with Crippen molar-refractivity contribution in [3.63, 3.8) is 0 Å². The lowest BCUT2D eigenvalue weighted by Crippen LogP contribution is -2.45. The van der Waals surface area contributed by atoms with Gasteiger partial charge < -0.3 is 10.5 Å². The fraction of sp³-hybridized carbons (Fsp3) is 0.647. The highest BCUT2D eigenvalue weighted by Gasteiger charge is 2.27. The highest BCUT2D eigenvalue weighted by atomic mass is 16.5. The summed E-state index contributed by atoms with van der Waals surface area (Å²) >= 11 is 0. The second kappa shape index (κ2) is 7.77. The topological polar surface area (TPSA) is 38.5 Å². The number of ether oxygens (including phenoxy) is 1. The third kappa shape index (κ3) is 3.81. The Bertz CT molecular complexity index is 376. The van der Waals surface area contributed by atoms with Crippen LogP contribution in [0, 0.1) is 0 Å². The highest BCUT2D eigenvalue weighted by molar-refractivity contribution is 5.20. The molecule has 1 aliphatic rings. The predicted octanol–water partition coefficient (Wildman–Crippen LogP) is 2.97. The molecule has 0 spiro atoms. The second-order valence-corrected chi connectivity index (χ2v) is 5.63. The van der Waals surface area contributed by atoms with Crippen LogP contribution in [0.5, 0.6) is 0 Å². The molecule has 112 valence electrons. The Labute approximate surface area is 123 Å². The third-order valence-corrected chi connectivity index (χ3v) is 4.35. The van der Waals surface area contributed by atoms with Crippen LogP contribution in [0.15, 0.2) is 30.3 Å². The van der Waals surface area contributed by atoms with Gasteiger partial charge in [-0.05, 0) is 31.4 Å². The van der Waals surface area contributed by atoms with E-state index in [1.54, 1.807) is 0 Å². The minimum absolute atomic E-state index is 0.0718. The molecule has 20 heavy (non-hydrogen) atoms. The van der Waals surface area contributed by atoms with Gasteiger partial charge in [0.2, 0.25) is 0 Å². The van der Waals surface area contributed by atoms with E-state index in [1.807, 2.05) is 6.07 Å². The van der Waals surface area contributed by atoms with Crippen molar-refractivity contribution in [1.29, 1.82) is 0 Å². The van der Waals surface area contributed by atoms with E-state index in [2.05, 4.69) is 43.0 Å². The van der Waals surface area contributed by atoms with Crippen molar-refractivity contribution in [1.82, 2.24) is 4.90 Å². The van der Waals surface area contributed by atoms with Crippen LogP contribution in [0.4, 0.5) is 0 Å². The van der Waals surface area contributed by atoms with Gasteiger partial charge in [-0.1, -0.05) is 44.2 Å². The second-order valence-electron chi connectivity index (χ2n) is 5.63. The van der Waals surface area contributed by atoms with Crippen LogP contribution >= 0.6 is 0 Å². The van der Waals surface area contributed by atoms with Crippen molar-refractivity contribution in [2.75, 3.05) is 19.7 Å². The molecular formula is C17H28N2O. The lowest BCUT2D eigenvalue weighted by atomic mass is 9.96. The lowest BCUT2D eigenvalue weighted by Gasteiger charge is -2.35. The average molecular weight is 276 g/mol. The summed E-state index contributed by atoms with van der Waals surface area (Å²) in [7, 11) is 0. The first kappa shape index (κ1) is 15.5. The van der Waals surface area contributed by atoms with Gasteiger partial charge in [0.15, 0.2) is 0 Å². The summed E-state index contributed by atoms with van der Waals surface area (Å²) in [5.74, 6) is 0. The number of hydrogen-bond donors (Lipinski definition) is 1. The SMILES string of the molecule is CCC(C(N)c1ccccc1)N(CC)CC1CCCO1. The van der Waals surface area contributed by atoms with Gasteiger partial charge in [-0.3, -0.25) is 4.90 Å². The van der Waals surface area contributed by atoms with Crippen molar-refractivity contribution in [3.05, 3.63) is 35.9 Å². The first-order valence-electron chi connectivity index (χ1n) is 7.92. The van der Waals surface area contributed by atoms with Crippen molar-refractivity contribution in [2.24, 2.45) is 5.73 Å². The van der Waals surface area contributed by atoms with Gasteiger partial charge in [0.05, 0.1) is 6.10 Å². The molecule has 1 saturated heterocycles. The fourth-order valence-corrected chi connectivity index (χ4v) is 3.19. The van der Waals surface area contributed by atoms with E-state index in [0.29, 0.717) is 12.1 Å². The lowest BCUT2D eigenvalue weighted by molar-refractivity contribution is 0.0527. The molecule has 0 saturated carbocycles. The van der Waals surface area contributed by atoms with Gasteiger partial charge in [0.1, 0.15) is 0 Å². The number of benzene rings is 1. The molecule has 3 heteroatoms. The van der Waals surface area contributed by atoms with Gasteiger partial charge >= 0.3 is 0 Å². The Balaban J connectivity index is 2.03. The summed E-state index contributed by atoms with van der Waals surface area (Å²) in [5, 5.41) is 0. The smallest absolute Gasteiger partial charge is 0.0702 e. The molecule has 3 nitrogen and oxygen atoms in total. The van der Waals surface area contributed by atoms with E-state index >= 15 is 0 Å². The van der Waals surface area contributed by atoms with Crippen molar-refractivity contribution >= 4 is 0 Å². The molecule has 1 fully saturated rings. The molecule has 0 amide bonds. The summed E-state index contributed by atoms with van der Waals surface area (Å²) < 4.78 is 5.78. The van der Waals surface area contributed by atoms with Crippen molar-refractivity contribution in [2.45, 2.75) is 51.3 Å². The molecule has 0 aliphatic carbocycles. The van der Waals surface area contributed by atoms with Gasteiger partial charge in [-0.2, -0.15) is 0 Å². The van der Waals surface area contributed by atoms with Crippen molar-refractivity contribution < 1.29 is 4.74 Å². The molecule has 2 N–H and O–H groups in total. The minimum Gasteiger partial charge on any atom is -0.377 e. The molecule has 0 aromatic heterocycles. The zero-order valence-electron chi connectivity index (χ0n) is 12.8. The maximum absolute atomic E-state index is 6.52. The van der Waals surface area contributed by atoms with Crippen LogP contribution in [-0.4, -0.2) is 36.7 Å². The van der Waals surface area contributed by atoms with E-state index in [4.69, 9.17) is 10.5 Å². The van der Waals surface area contributed by atoms with E-state index in [9.17, 15) is 0 Å². The number of nitrogens with two attached hydrogens (primary N) is 1. The van der Waals surface area contributed by atoms with E-state index in [-0.39, 0.29) is 6.04 Å². The Morgan fingerprint density at radius 3 is 2.60 bits per heavy atom. The van der Waals surface area contributed by atoms with Crippen molar-refractivity contribution in [3.8, 4) is 0 Å². The van der Waals surface area contributed by atoms with Crippen LogP contribution < -0.4 is 5.73 Å². The molecule has 1 aromatic rings. The fourth-order valence-electron chi connectivity index (χ4n) is 3.19. The standard InChI is InChI=1S/C17H28N2O/c1-3-16(17(18)14-9-6-5-7-10-14)19(4-2)13-15-11-8-12-20-15/h5-7,9-10,15-17H,3-4,8,11-13,18H2,1-2H3. The van der Waals surface area contributed by atoms with Crippen LogP contribution in [0.1, 0.15) is 44.7 Å². The highest BCUT2D eigenvalue weighted by Crippen LogP contribution is 2.23. The molecule has 1 aromatic carbocycles. The predicted molar refractivity (Wildman–Crippen MR) is 83.7 cm³/mol. The molecule has 0 radical (unpaired) electrons. The van der Waals surface area contributed by atoms with Gasteiger partial charge in [-0.25, -0.2) is 0 Å². The monoisotopic (exact) mass is 276 g/mol. The molecule has 2 rings (SSSR count). The Hall–Kier alpha value is -0.900. The van der Waals surface area contributed by atoms with Gasteiger partial charge in [0, 0.05) is 25.2 Å². The Morgan fingerprint density at radius 2 is 2.05 bits per heavy atom. The minimum atomic E-state index is 0.0718. The maximum atomic E-state index is 6.52. The quantitative estimate of drug-likeness (QED) is 0.832. The van der Waals surface area contributed by atoms with E-state index in [1.165, 1.54) is 18.4 Å². The first-order valence-corrected chi connectivity index (χ1v) is 7.92. The molecular weight excluding hydrogens is 248 g/mol. The van der Waals surface area contributed by atoms with E-state index in [0.717, 1.165) is 26.1 Å². The van der Waals surface area contributed by atoms with Gasteiger partial charge in [0.25, 0.3) is 0 Å². The van der Waals surface area contributed by atoms with Crippen LogP contribution in [0.25, 0.3) is 0 Å². The molecule has 3 unspecified atom stereocenters. The Kier molecular flexibility index (Phi) is 6.02. The number of rotatable bonds is 7. The molecule has 1 heterocycles. The number of likely N-dealkylation sites (N-methyl/N-ethyl adjacent to an activating group) is 1. The normalized spacial score (nSPS) is 22.1. The number of nitrogens with zero attached hydrogens (tertiary/aromatic N) is 1. The van der Waals surface area contributed by atoms with Crippen LogP contribution in [0.3, 0.4) is 0 Å². The number of hydrogen-bond acceptors (Lipinski definition) is 3. The Morgan fingerprint density at radius 1 is 1.30 bits per heavy atom. The largest absolute Gasteiger partial charge is 0.377 e.